The van der Waals surface area contributed by atoms with Crippen molar-refractivity contribution in [3.63, 3.8) is 0 Å². The Kier molecular flexibility index (Phi) is 3.37. The number of aromatic nitrogens is 1. The van der Waals surface area contributed by atoms with Crippen LogP contribution in [0.25, 0.3) is 0 Å². The van der Waals surface area contributed by atoms with E-state index < -0.39 is 11.9 Å². The summed E-state index contributed by atoms with van der Waals surface area (Å²) in [5, 5.41) is 3.04. The molecule has 1 saturated heterocycles. The first-order valence-electron chi connectivity index (χ1n) is 5.14. The Morgan fingerprint density at radius 3 is 2.82 bits per heavy atom. The summed E-state index contributed by atoms with van der Waals surface area (Å²) in [7, 11) is 0. The number of pyridine rings is 1. The van der Waals surface area contributed by atoms with Gasteiger partial charge in [-0.3, -0.25) is 0 Å². The zero-order chi connectivity index (χ0) is 12.5. The van der Waals surface area contributed by atoms with E-state index in [1.54, 1.807) is 11.8 Å². The van der Waals surface area contributed by atoms with Gasteiger partial charge in [0.05, 0.1) is 17.6 Å². The SMILES string of the molecule is Nc1cnc(C(F)(F)F)cc1NC1CCSC1. The van der Waals surface area contributed by atoms with E-state index >= 15 is 0 Å². The van der Waals surface area contributed by atoms with E-state index in [2.05, 4.69) is 10.3 Å². The fourth-order valence-corrected chi connectivity index (χ4v) is 2.77. The highest BCUT2D eigenvalue weighted by Gasteiger charge is 2.33. The Balaban J connectivity index is 2.20. The van der Waals surface area contributed by atoms with Crippen LogP contribution in [0.3, 0.4) is 0 Å². The molecule has 0 amide bonds. The second-order valence-electron chi connectivity index (χ2n) is 3.86. The molecule has 1 aliphatic rings. The smallest absolute Gasteiger partial charge is 0.396 e. The van der Waals surface area contributed by atoms with Crippen LogP contribution in [0.4, 0.5) is 24.5 Å². The molecule has 1 aromatic rings. The van der Waals surface area contributed by atoms with E-state index in [0.717, 1.165) is 30.2 Å². The highest BCUT2D eigenvalue weighted by molar-refractivity contribution is 7.99. The third-order valence-electron chi connectivity index (χ3n) is 2.51. The molecule has 1 unspecified atom stereocenters. The minimum absolute atomic E-state index is 0.186. The van der Waals surface area contributed by atoms with Crippen molar-refractivity contribution < 1.29 is 13.2 Å². The summed E-state index contributed by atoms with van der Waals surface area (Å²) in [6.07, 6.45) is -2.45. The number of nitrogen functional groups attached to an aromatic ring is 1. The molecule has 0 saturated carbocycles. The Bertz CT molecular complexity index is 402. The van der Waals surface area contributed by atoms with Crippen LogP contribution in [-0.4, -0.2) is 22.5 Å². The maximum Gasteiger partial charge on any atom is 0.433 e. The lowest BCUT2D eigenvalue weighted by Gasteiger charge is -2.16. The number of nitrogens with zero attached hydrogens (tertiary/aromatic N) is 1. The van der Waals surface area contributed by atoms with Crippen molar-refractivity contribution in [1.29, 1.82) is 0 Å². The van der Waals surface area contributed by atoms with Crippen LogP contribution in [0.5, 0.6) is 0 Å². The number of hydrogen-bond donors (Lipinski definition) is 2. The zero-order valence-electron chi connectivity index (χ0n) is 8.92. The summed E-state index contributed by atoms with van der Waals surface area (Å²) in [4.78, 5) is 3.29. The number of hydrogen-bond acceptors (Lipinski definition) is 4. The molecule has 3 N–H and O–H groups in total. The summed E-state index contributed by atoms with van der Waals surface area (Å²) in [5.41, 5.74) is 5.26. The van der Waals surface area contributed by atoms with Gasteiger partial charge in [-0.15, -0.1) is 0 Å². The first kappa shape index (κ1) is 12.3. The molecule has 0 aromatic carbocycles. The van der Waals surface area contributed by atoms with Crippen LogP contribution in [0, 0.1) is 0 Å². The summed E-state index contributed by atoms with van der Waals surface area (Å²) >= 11 is 1.78. The summed E-state index contributed by atoms with van der Waals surface area (Å²) < 4.78 is 37.4. The Labute approximate surface area is 101 Å². The van der Waals surface area contributed by atoms with Gasteiger partial charge in [0.15, 0.2) is 0 Å². The minimum Gasteiger partial charge on any atom is -0.396 e. The second-order valence-corrected chi connectivity index (χ2v) is 5.01. The van der Waals surface area contributed by atoms with Gasteiger partial charge in [0.2, 0.25) is 0 Å². The first-order valence-corrected chi connectivity index (χ1v) is 6.29. The number of alkyl halides is 3. The number of anilines is 2. The van der Waals surface area contributed by atoms with Crippen LogP contribution in [0.2, 0.25) is 0 Å². The molecular formula is C10H12F3N3S. The van der Waals surface area contributed by atoms with Gasteiger partial charge in [0.1, 0.15) is 5.69 Å². The largest absolute Gasteiger partial charge is 0.433 e. The van der Waals surface area contributed by atoms with Gasteiger partial charge in [-0.25, -0.2) is 4.98 Å². The Morgan fingerprint density at radius 1 is 1.47 bits per heavy atom. The minimum atomic E-state index is -4.44. The van der Waals surface area contributed by atoms with Gasteiger partial charge in [-0.1, -0.05) is 0 Å². The molecule has 1 fully saturated rings. The predicted molar refractivity (Wildman–Crippen MR) is 63.0 cm³/mol. The first-order chi connectivity index (χ1) is 7.97. The predicted octanol–water partition coefficient (Wildman–Crippen LogP) is 2.60. The van der Waals surface area contributed by atoms with Gasteiger partial charge in [0.25, 0.3) is 0 Å². The maximum absolute atomic E-state index is 12.5. The number of nitrogens with two attached hydrogens (primary N) is 1. The van der Waals surface area contributed by atoms with Crippen molar-refractivity contribution in [2.24, 2.45) is 0 Å². The summed E-state index contributed by atoms with van der Waals surface area (Å²) in [6, 6.07) is 1.16. The molecule has 2 heterocycles. The van der Waals surface area contributed by atoms with Crippen molar-refractivity contribution >= 4 is 23.1 Å². The van der Waals surface area contributed by atoms with Crippen molar-refractivity contribution in [2.45, 2.75) is 18.6 Å². The van der Waals surface area contributed by atoms with Crippen LogP contribution in [-0.2, 0) is 6.18 Å². The van der Waals surface area contributed by atoms with E-state index in [9.17, 15) is 13.2 Å². The molecule has 1 atom stereocenters. The molecular weight excluding hydrogens is 251 g/mol. The molecule has 0 bridgehead atoms. The monoisotopic (exact) mass is 263 g/mol. The number of halogens is 3. The molecule has 17 heavy (non-hydrogen) atoms. The molecule has 0 aliphatic carbocycles. The second kappa shape index (κ2) is 4.64. The molecule has 94 valence electrons. The van der Waals surface area contributed by atoms with E-state index in [1.807, 2.05) is 0 Å². The maximum atomic E-state index is 12.5. The lowest BCUT2D eigenvalue weighted by Crippen LogP contribution is -2.20. The molecule has 1 aromatic heterocycles. The van der Waals surface area contributed by atoms with Gasteiger partial charge in [-0.05, 0) is 18.2 Å². The van der Waals surface area contributed by atoms with Gasteiger partial charge >= 0.3 is 6.18 Å². The van der Waals surface area contributed by atoms with Crippen LogP contribution in [0.15, 0.2) is 12.3 Å². The van der Waals surface area contributed by atoms with Crippen molar-refractivity contribution in [3.8, 4) is 0 Å². The Morgan fingerprint density at radius 2 is 2.24 bits per heavy atom. The third kappa shape index (κ3) is 2.96. The van der Waals surface area contributed by atoms with Crippen LogP contribution >= 0.6 is 11.8 Å². The summed E-state index contributed by atoms with van der Waals surface area (Å²) in [6.45, 7) is 0. The lowest BCUT2D eigenvalue weighted by atomic mass is 10.2. The third-order valence-corrected chi connectivity index (χ3v) is 3.68. The van der Waals surface area contributed by atoms with Gasteiger partial charge in [0, 0.05) is 11.8 Å². The van der Waals surface area contributed by atoms with Crippen LogP contribution in [0.1, 0.15) is 12.1 Å². The fraction of sp³-hybridized carbons (Fsp3) is 0.500. The van der Waals surface area contributed by atoms with Crippen LogP contribution < -0.4 is 11.1 Å². The van der Waals surface area contributed by atoms with Gasteiger partial charge < -0.3 is 11.1 Å². The van der Waals surface area contributed by atoms with E-state index in [0.29, 0.717) is 5.69 Å². The van der Waals surface area contributed by atoms with E-state index in [-0.39, 0.29) is 11.7 Å². The average molecular weight is 263 g/mol. The number of nitrogens with one attached hydrogen (secondary N) is 1. The summed E-state index contributed by atoms with van der Waals surface area (Å²) in [5.74, 6) is 1.91. The fourth-order valence-electron chi connectivity index (χ4n) is 1.61. The highest BCUT2D eigenvalue weighted by atomic mass is 32.2. The quantitative estimate of drug-likeness (QED) is 0.861. The standard InChI is InChI=1S/C10H12F3N3S/c11-10(12,13)9-3-8(7(14)4-15-9)16-6-1-2-17-5-6/h3-4,6H,1-2,5,14H2,(H,15,16). The molecule has 0 spiro atoms. The van der Waals surface area contributed by atoms with Crippen molar-refractivity contribution in [3.05, 3.63) is 18.0 Å². The molecule has 3 nitrogen and oxygen atoms in total. The highest BCUT2D eigenvalue weighted by Crippen LogP contribution is 2.32. The molecule has 7 heteroatoms. The van der Waals surface area contributed by atoms with Gasteiger partial charge in [-0.2, -0.15) is 24.9 Å². The molecule has 2 rings (SSSR count). The number of rotatable bonds is 2. The molecule has 1 aliphatic heterocycles. The molecule has 0 radical (unpaired) electrons. The van der Waals surface area contributed by atoms with Crippen molar-refractivity contribution in [1.82, 2.24) is 4.98 Å². The number of thioether (sulfide) groups is 1. The topological polar surface area (TPSA) is 50.9 Å². The zero-order valence-corrected chi connectivity index (χ0v) is 9.74. The lowest BCUT2D eigenvalue weighted by molar-refractivity contribution is -0.141. The van der Waals surface area contributed by atoms with E-state index in [4.69, 9.17) is 5.73 Å². The normalized spacial score (nSPS) is 20.5. The average Bonchev–Trinajstić information content (AvgIpc) is 2.72. The van der Waals surface area contributed by atoms with E-state index in [1.165, 1.54) is 0 Å². The Hall–Kier alpha value is -1.11. The van der Waals surface area contributed by atoms with Crippen molar-refractivity contribution in [2.75, 3.05) is 22.6 Å².